The molecule has 164 valence electrons. The van der Waals surface area contributed by atoms with Crippen molar-refractivity contribution in [2.75, 3.05) is 18.8 Å². The highest BCUT2D eigenvalue weighted by Crippen LogP contribution is 2.27. The van der Waals surface area contributed by atoms with Crippen LogP contribution in [0, 0.1) is 11.3 Å². The molecule has 0 amide bonds. The number of ether oxygens (including phenoxy) is 1. The zero-order valence-corrected chi connectivity index (χ0v) is 19.8. The summed E-state index contributed by atoms with van der Waals surface area (Å²) in [5.74, 6) is 2.59. The van der Waals surface area contributed by atoms with Crippen LogP contribution in [0.3, 0.4) is 0 Å². The van der Waals surface area contributed by atoms with Crippen LogP contribution in [0.15, 0.2) is 77.3 Å². The first-order chi connectivity index (χ1) is 15.6. The van der Waals surface area contributed by atoms with Crippen molar-refractivity contribution in [3.05, 3.63) is 77.9 Å². The van der Waals surface area contributed by atoms with E-state index in [1.807, 2.05) is 60.9 Å². The number of nitrogens with two attached hydrogens (primary N) is 1. The Hall–Kier alpha value is -2.85. The number of para-hydroxylation sites is 1. The van der Waals surface area contributed by atoms with Gasteiger partial charge in [0.1, 0.15) is 23.7 Å². The van der Waals surface area contributed by atoms with Crippen LogP contribution in [0.4, 0.5) is 11.6 Å². The molecule has 2 heterocycles. The van der Waals surface area contributed by atoms with Crippen LogP contribution < -0.4 is 10.5 Å². The van der Waals surface area contributed by atoms with Crippen molar-refractivity contribution in [1.82, 2.24) is 13.1 Å². The Kier molecular flexibility index (Phi) is 7.43. The number of aromatic nitrogens is 2. The molecule has 1 aromatic heterocycles. The van der Waals surface area contributed by atoms with Crippen LogP contribution in [0.5, 0.6) is 5.75 Å². The summed E-state index contributed by atoms with van der Waals surface area (Å²) in [6.07, 6.45) is 13.8. The Balaban J connectivity index is 1.51. The molecule has 2 aromatic rings. The normalized spacial score (nSPS) is 17.7. The van der Waals surface area contributed by atoms with Crippen molar-refractivity contribution < 1.29 is 4.74 Å². The fourth-order valence-corrected chi connectivity index (χ4v) is 4.12. The van der Waals surface area contributed by atoms with Gasteiger partial charge in [-0.15, -0.1) is 0 Å². The van der Waals surface area contributed by atoms with Gasteiger partial charge in [-0.1, -0.05) is 24.3 Å². The van der Waals surface area contributed by atoms with Gasteiger partial charge in [-0.3, -0.25) is 5.41 Å². The number of nitrogens with zero attached hydrogens (tertiary/aromatic N) is 4. The van der Waals surface area contributed by atoms with E-state index in [4.69, 9.17) is 15.9 Å². The number of hydrogen-bond acceptors (Lipinski definition) is 7. The van der Waals surface area contributed by atoms with Gasteiger partial charge >= 0.3 is 0 Å². The third kappa shape index (κ3) is 5.68. The van der Waals surface area contributed by atoms with Crippen LogP contribution in [0.25, 0.3) is 0 Å². The summed E-state index contributed by atoms with van der Waals surface area (Å²) in [6, 6.07) is 9.63. The smallest absolute Gasteiger partial charge is 0.166 e. The Labute approximate surface area is 201 Å². The van der Waals surface area contributed by atoms with E-state index in [9.17, 15) is 0 Å². The lowest BCUT2D eigenvalue weighted by atomic mass is 9.99. The molecule has 0 saturated carbocycles. The highest BCUT2D eigenvalue weighted by atomic mass is 127. The number of nitrogens with one attached hydrogen (secondary N) is 1. The first-order valence-corrected chi connectivity index (χ1v) is 11.5. The number of aliphatic imine (C=N–C) groups is 1. The molecule has 0 spiro atoms. The molecular formula is C24H25IN6O. The molecule has 3 N–H and O–H groups in total. The minimum Gasteiger partial charge on any atom is -0.458 e. The van der Waals surface area contributed by atoms with Gasteiger partial charge in [0.15, 0.2) is 5.82 Å². The number of halogens is 1. The molecule has 1 saturated heterocycles. The van der Waals surface area contributed by atoms with E-state index in [1.54, 1.807) is 0 Å². The summed E-state index contributed by atoms with van der Waals surface area (Å²) in [7, 11) is 0. The van der Waals surface area contributed by atoms with Gasteiger partial charge in [0.25, 0.3) is 0 Å². The average Bonchev–Trinajstić information content (AvgIpc) is 3.05. The fraction of sp³-hybridized carbons (Fsp3) is 0.250. The minimum absolute atomic E-state index is 0.253. The number of benzene rings is 1. The largest absolute Gasteiger partial charge is 0.458 e. The van der Waals surface area contributed by atoms with E-state index in [0.717, 1.165) is 43.0 Å². The minimum atomic E-state index is 0.253. The van der Waals surface area contributed by atoms with Crippen molar-refractivity contribution in [3.8, 4) is 5.75 Å². The second-order valence-corrected chi connectivity index (χ2v) is 8.97. The predicted octanol–water partition coefficient (Wildman–Crippen LogP) is 5.04. The highest BCUT2D eigenvalue weighted by Gasteiger charge is 2.19. The molecule has 32 heavy (non-hydrogen) atoms. The maximum atomic E-state index is 8.81. The topological polar surface area (TPSA) is 100 Å². The maximum absolute atomic E-state index is 8.81. The molecule has 1 aliphatic heterocycles. The van der Waals surface area contributed by atoms with Crippen LogP contribution in [-0.4, -0.2) is 38.1 Å². The van der Waals surface area contributed by atoms with Crippen molar-refractivity contribution in [2.45, 2.75) is 19.3 Å². The van der Waals surface area contributed by atoms with Crippen LogP contribution >= 0.6 is 22.9 Å². The Bertz CT molecular complexity index is 1080. The maximum Gasteiger partial charge on any atom is 0.166 e. The van der Waals surface area contributed by atoms with Crippen molar-refractivity contribution in [2.24, 2.45) is 10.9 Å². The predicted molar refractivity (Wildman–Crippen MR) is 137 cm³/mol. The standard InChI is InChI=1S/C24H25IN6O/c25-31-13-11-17(12-14-31)15-28-24-21(23(27)29-16-30-24)22(26)18-5-4-8-20(10-9-18)32-19-6-2-1-3-7-19/h1-3,5-10,15-17,26H,4,11-14H2,(H2,27,29,30). The summed E-state index contributed by atoms with van der Waals surface area (Å²) < 4.78 is 8.22. The lowest BCUT2D eigenvalue weighted by Crippen LogP contribution is -2.26. The van der Waals surface area contributed by atoms with E-state index in [0.29, 0.717) is 23.7 Å². The first kappa shape index (κ1) is 22.3. The molecule has 1 aromatic carbocycles. The van der Waals surface area contributed by atoms with E-state index >= 15 is 0 Å². The molecule has 0 unspecified atom stereocenters. The highest BCUT2D eigenvalue weighted by molar-refractivity contribution is 14.1. The molecule has 0 atom stereocenters. The molecule has 4 rings (SSSR count). The zero-order chi connectivity index (χ0) is 22.3. The quantitative estimate of drug-likeness (QED) is 0.304. The molecular weight excluding hydrogens is 515 g/mol. The van der Waals surface area contributed by atoms with Gasteiger partial charge in [-0.25, -0.2) is 18.1 Å². The van der Waals surface area contributed by atoms with E-state index < -0.39 is 0 Å². The summed E-state index contributed by atoms with van der Waals surface area (Å²) in [6.45, 7) is 2.09. The Morgan fingerprint density at radius 1 is 1.16 bits per heavy atom. The molecule has 1 aliphatic carbocycles. The summed E-state index contributed by atoms with van der Waals surface area (Å²) in [5, 5.41) is 8.81. The number of rotatable bonds is 6. The van der Waals surface area contributed by atoms with Crippen molar-refractivity contribution in [1.29, 1.82) is 5.41 Å². The lowest BCUT2D eigenvalue weighted by molar-refractivity contribution is 0.368. The van der Waals surface area contributed by atoms with Crippen LogP contribution in [0.2, 0.25) is 0 Å². The first-order valence-electron chi connectivity index (χ1n) is 10.6. The second-order valence-electron chi connectivity index (χ2n) is 7.61. The van der Waals surface area contributed by atoms with Gasteiger partial charge in [0.05, 0.1) is 11.3 Å². The summed E-state index contributed by atoms with van der Waals surface area (Å²) in [4.78, 5) is 13.0. The van der Waals surface area contributed by atoms with Gasteiger partial charge in [-0.2, -0.15) is 0 Å². The number of nitrogen functional groups attached to an aromatic ring is 1. The molecule has 1 fully saturated rings. The summed E-state index contributed by atoms with van der Waals surface area (Å²) in [5.41, 5.74) is 7.60. The number of hydrogen-bond donors (Lipinski definition) is 2. The number of allylic oxidation sites excluding steroid dienone is 5. The second kappa shape index (κ2) is 10.6. The zero-order valence-electron chi connectivity index (χ0n) is 17.6. The average molecular weight is 540 g/mol. The lowest BCUT2D eigenvalue weighted by Gasteiger charge is -2.24. The monoisotopic (exact) mass is 540 g/mol. The molecule has 8 heteroatoms. The number of piperidine rings is 1. The van der Waals surface area contributed by atoms with E-state index in [-0.39, 0.29) is 11.5 Å². The van der Waals surface area contributed by atoms with E-state index in [2.05, 4.69) is 40.9 Å². The van der Waals surface area contributed by atoms with Gasteiger partial charge < -0.3 is 10.5 Å². The van der Waals surface area contributed by atoms with Crippen LogP contribution in [-0.2, 0) is 0 Å². The molecule has 0 radical (unpaired) electrons. The molecule has 2 aliphatic rings. The third-order valence-corrected chi connectivity index (χ3v) is 6.32. The van der Waals surface area contributed by atoms with Gasteiger partial charge in [0, 0.05) is 42.2 Å². The Morgan fingerprint density at radius 3 is 2.72 bits per heavy atom. The third-order valence-electron chi connectivity index (χ3n) is 5.35. The van der Waals surface area contributed by atoms with Gasteiger partial charge in [0.2, 0.25) is 0 Å². The Morgan fingerprint density at radius 2 is 1.94 bits per heavy atom. The molecule has 7 nitrogen and oxygen atoms in total. The molecule has 0 bridgehead atoms. The SMILES string of the molecule is N=C(C1=CCC=C(Oc2ccccc2)C=C1)c1c(N)ncnc1N=CC1CCN(I)CC1. The number of anilines is 1. The van der Waals surface area contributed by atoms with E-state index in [1.165, 1.54) is 6.33 Å². The van der Waals surface area contributed by atoms with Crippen LogP contribution in [0.1, 0.15) is 24.8 Å². The fourth-order valence-electron chi connectivity index (χ4n) is 3.56. The van der Waals surface area contributed by atoms with Crippen molar-refractivity contribution in [3.63, 3.8) is 0 Å². The summed E-state index contributed by atoms with van der Waals surface area (Å²) >= 11 is 2.36. The van der Waals surface area contributed by atoms with Crippen molar-refractivity contribution >= 4 is 46.4 Å². The van der Waals surface area contributed by atoms with Gasteiger partial charge in [-0.05, 0) is 61.1 Å².